The summed E-state index contributed by atoms with van der Waals surface area (Å²) in [4.78, 5) is 13.7. The van der Waals surface area contributed by atoms with Gasteiger partial charge in [0, 0.05) is 52.8 Å². The summed E-state index contributed by atoms with van der Waals surface area (Å²) in [6.45, 7) is 3.02. The van der Waals surface area contributed by atoms with Crippen LogP contribution in [-0.4, -0.2) is 38.2 Å². The smallest absolute Gasteiger partial charge is 0.225 e. The van der Waals surface area contributed by atoms with E-state index in [0.717, 1.165) is 17.0 Å². The van der Waals surface area contributed by atoms with Crippen molar-refractivity contribution >= 4 is 11.6 Å². The summed E-state index contributed by atoms with van der Waals surface area (Å²) in [7, 11) is 3.44. The van der Waals surface area contributed by atoms with E-state index in [2.05, 4.69) is 6.08 Å². The second kappa shape index (κ2) is 8.67. The third-order valence-corrected chi connectivity index (χ3v) is 3.35. The number of carbonyl (C=O) groups excluding carboxylic acids is 1. The standard InChI is InChI=1S/C16H20NO3.Y/c1-12-4-9-15(17(2)16(12)18)13-5-7-14(8-6-13)20-11-10-19-3;/h5-8,12H,4,10-11H2,1-3H3;/q-1;. The first-order chi connectivity index (χ1) is 9.63. The average Bonchev–Trinajstić information content (AvgIpc) is 2.46. The zero-order valence-corrected chi connectivity index (χ0v) is 15.6. The number of hydrogen-bond acceptors (Lipinski definition) is 3. The van der Waals surface area contributed by atoms with E-state index in [1.54, 1.807) is 19.1 Å². The van der Waals surface area contributed by atoms with Crippen molar-refractivity contribution in [3.05, 3.63) is 35.9 Å². The minimum absolute atomic E-state index is 0. The maximum atomic E-state index is 12.0. The summed E-state index contributed by atoms with van der Waals surface area (Å²) in [6.07, 6.45) is 3.97. The Kier molecular flexibility index (Phi) is 7.57. The largest absolute Gasteiger partial charge is 0.491 e. The number of ether oxygens (including phenoxy) is 2. The van der Waals surface area contributed by atoms with Crippen LogP contribution in [0.15, 0.2) is 24.3 Å². The number of carbonyl (C=O) groups is 1. The topological polar surface area (TPSA) is 38.8 Å². The summed E-state index contributed by atoms with van der Waals surface area (Å²) < 4.78 is 10.5. The van der Waals surface area contributed by atoms with Crippen LogP contribution in [0.25, 0.3) is 5.70 Å². The van der Waals surface area contributed by atoms with E-state index < -0.39 is 0 Å². The molecule has 1 atom stereocenters. The van der Waals surface area contributed by atoms with Gasteiger partial charge in [0.15, 0.2) is 0 Å². The van der Waals surface area contributed by atoms with Crippen molar-refractivity contribution in [2.75, 3.05) is 27.4 Å². The van der Waals surface area contributed by atoms with Crippen LogP contribution in [0.1, 0.15) is 18.9 Å². The molecule has 1 unspecified atom stereocenters. The molecule has 0 saturated heterocycles. The zero-order chi connectivity index (χ0) is 14.5. The van der Waals surface area contributed by atoms with Gasteiger partial charge in [-0.2, -0.15) is 5.56 Å². The fourth-order valence-electron chi connectivity index (χ4n) is 2.14. The molecule has 5 heteroatoms. The molecule has 0 fully saturated rings. The average molecular weight is 363 g/mol. The molecular weight excluding hydrogens is 343 g/mol. The number of hydrogen-bond donors (Lipinski definition) is 0. The molecule has 1 amide bonds. The molecule has 0 bridgehead atoms. The minimum Gasteiger partial charge on any atom is -0.491 e. The Bertz CT molecular complexity index is 499. The Hall–Kier alpha value is -0.706. The molecule has 4 nitrogen and oxygen atoms in total. The number of nitrogens with zero attached hydrogens (tertiary/aromatic N) is 1. The molecule has 2 rings (SSSR count). The summed E-state index contributed by atoms with van der Waals surface area (Å²) in [6, 6.07) is 7.69. The Labute approximate surface area is 151 Å². The molecule has 0 aliphatic carbocycles. The monoisotopic (exact) mass is 363 g/mol. The van der Waals surface area contributed by atoms with Crippen molar-refractivity contribution in [1.82, 2.24) is 4.90 Å². The van der Waals surface area contributed by atoms with Gasteiger partial charge < -0.3 is 14.4 Å². The molecule has 0 aromatic heterocycles. The van der Waals surface area contributed by atoms with Gasteiger partial charge in [-0.05, 0) is 12.1 Å². The number of allylic oxidation sites excluding steroid dienone is 1. The Morgan fingerprint density at radius 3 is 2.57 bits per heavy atom. The zero-order valence-electron chi connectivity index (χ0n) is 12.8. The van der Waals surface area contributed by atoms with Crippen molar-refractivity contribution in [2.24, 2.45) is 5.92 Å². The van der Waals surface area contributed by atoms with Gasteiger partial charge in [-0.3, -0.25) is 4.79 Å². The Balaban J connectivity index is 0.00000220. The second-order valence-electron chi connectivity index (χ2n) is 4.89. The maximum Gasteiger partial charge on any atom is 0.225 e. The molecular formula is C16H20NO3Y-. The second-order valence-corrected chi connectivity index (χ2v) is 4.89. The van der Waals surface area contributed by atoms with Gasteiger partial charge in [0.05, 0.1) is 6.61 Å². The van der Waals surface area contributed by atoms with Crippen LogP contribution in [0.3, 0.4) is 0 Å². The summed E-state index contributed by atoms with van der Waals surface area (Å²) in [5.74, 6) is 0.948. The first kappa shape index (κ1) is 18.3. The minimum atomic E-state index is 0. The molecule has 1 aliphatic heterocycles. The quantitative estimate of drug-likeness (QED) is 0.596. The van der Waals surface area contributed by atoms with Crippen LogP contribution in [0, 0.1) is 12.0 Å². The van der Waals surface area contributed by atoms with Crippen molar-refractivity contribution < 1.29 is 47.0 Å². The van der Waals surface area contributed by atoms with Crippen LogP contribution in [0.5, 0.6) is 5.75 Å². The van der Waals surface area contributed by atoms with Gasteiger partial charge in [0.25, 0.3) is 0 Å². The van der Waals surface area contributed by atoms with E-state index >= 15 is 0 Å². The Morgan fingerprint density at radius 1 is 1.29 bits per heavy atom. The van der Waals surface area contributed by atoms with E-state index in [9.17, 15) is 4.79 Å². The van der Waals surface area contributed by atoms with Gasteiger partial charge in [0.2, 0.25) is 5.91 Å². The van der Waals surface area contributed by atoms with Crippen LogP contribution in [0.2, 0.25) is 0 Å². The maximum absolute atomic E-state index is 12.0. The fraction of sp³-hybridized carbons (Fsp3) is 0.438. The summed E-state index contributed by atoms with van der Waals surface area (Å²) in [5.41, 5.74) is 1.82. The molecule has 21 heavy (non-hydrogen) atoms. The first-order valence-corrected chi connectivity index (χ1v) is 6.74. The molecule has 0 saturated carbocycles. The van der Waals surface area contributed by atoms with Crippen LogP contribution in [-0.2, 0) is 42.2 Å². The fourth-order valence-corrected chi connectivity index (χ4v) is 2.14. The van der Waals surface area contributed by atoms with Crippen LogP contribution >= 0.6 is 0 Å². The number of benzene rings is 1. The third-order valence-electron chi connectivity index (χ3n) is 3.35. The van der Waals surface area contributed by atoms with Crippen molar-refractivity contribution in [3.63, 3.8) is 0 Å². The third kappa shape index (κ3) is 4.63. The van der Waals surface area contributed by atoms with E-state index in [-0.39, 0.29) is 44.5 Å². The van der Waals surface area contributed by atoms with E-state index in [1.165, 1.54) is 0 Å². The van der Waals surface area contributed by atoms with Crippen molar-refractivity contribution in [1.29, 1.82) is 0 Å². The van der Waals surface area contributed by atoms with Gasteiger partial charge in [0.1, 0.15) is 12.4 Å². The van der Waals surface area contributed by atoms with Crippen molar-refractivity contribution in [3.8, 4) is 5.75 Å². The molecule has 1 radical (unpaired) electrons. The molecule has 1 aliphatic rings. The van der Waals surface area contributed by atoms with E-state index in [0.29, 0.717) is 19.6 Å². The van der Waals surface area contributed by atoms with Crippen LogP contribution in [0.4, 0.5) is 0 Å². The molecule has 111 valence electrons. The van der Waals surface area contributed by atoms with Gasteiger partial charge in [-0.25, -0.2) is 6.08 Å². The predicted molar refractivity (Wildman–Crippen MR) is 77.0 cm³/mol. The molecule has 0 N–H and O–H groups in total. The number of rotatable bonds is 5. The Morgan fingerprint density at radius 2 is 1.95 bits per heavy atom. The predicted octanol–water partition coefficient (Wildman–Crippen LogP) is 2.35. The molecule has 1 aromatic carbocycles. The molecule has 0 spiro atoms. The molecule has 1 heterocycles. The summed E-state index contributed by atoms with van der Waals surface area (Å²) in [5, 5.41) is 0. The SMILES string of the molecule is COCCOc1ccc(C2=[C-]CC(C)C(=O)N2C)cc1.[Y]. The summed E-state index contributed by atoms with van der Waals surface area (Å²) >= 11 is 0. The molecule has 1 aromatic rings. The number of methoxy groups -OCH3 is 1. The van der Waals surface area contributed by atoms with Crippen LogP contribution < -0.4 is 4.74 Å². The first-order valence-electron chi connectivity index (χ1n) is 6.74. The van der Waals surface area contributed by atoms with Crippen molar-refractivity contribution in [2.45, 2.75) is 13.3 Å². The number of amides is 1. The van der Waals surface area contributed by atoms with Gasteiger partial charge in [-0.15, -0.1) is 17.8 Å². The van der Waals surface area contributed by atoms with Gasteiger partial charge >= 0.3 is 0 Å². The normalized spacial score (nSPS) is 18.0. The van der Waals surface area contributed by atoms with E-state index in [4.69, 9.17) is 9.47 Å². The van der Waals surface area contributed by atoms with E-state index in [1.807, 2.05) is 31.2 Å². The van der Waals surface area contributed by atoms with Gasteiger partial charge in [-0.1, -0.05) is 13.3 Å².